The van der Waals surface area contributed by atoms with Crippen LogP contribution in [0.15, 0.2) is 48.0 Å². The Balaban J connectivity index is 1.77. The highest BCUT2D eigenvalue weighted by Gasteiger charge is 2.43. The van der Waals surface area contributed by atoms with Crippen molar-refractivity contribution in [3.05, 3.63) is 70.6 Å². The van der Waals surface area contributed by atoms with Gasteiger partial charge in [-0.15, -0.1) is 0 Å². The summed E-state index contributed by atoms with van der Waals surface area (Å²) >= 11 is 0. The van der Waals surface area contributed by atoms with E-state index in [2.05, 4.69) is 18.3 Å². The maximum Gasteiger partial charge on any atom is 0.251 e. The van der Waals surface area contributed by atoms with Gasteiger partial charge in [0.2, 0.25) is 5.91 Å². The molecule has 2 amide bonds. The van der Waals surface area contributed by atoms with Crippen molar-refractivity contribution >= 4 is 17.5 Å². The van der Waals surface area contributed by atoms with E-state index < -0.39 is 6.10 Å². The Morgan fingerprint density at radius 3 is 2.66 bits per heavy atom. The fourth-order valence-electron chi connectivity index (χ4n) is 4.85. The molecule has 0 spiro atoms. The average molecular weight is 434 g/mol. The van der Waals surface area contributed by atoms with Crippen LogP contribution in [0.1, 0.15) is 60.4 Å². The van der Waals surface area contributed by atoms with E-state index in [1.807, 2.05) is 42.2 Å². The van der Waals surface area contributed by atoms with Crippen LogP contribution in [0.4, 0.5) is 5.69 Å². The number of hydrogen-bond donors (Lipinski definition) is 2. The molecule has 1 aliphatic heterocycles. The van der Waals surface area contributed by atoms with E-state index in [0.717, 1.165) is 35.5 Å². The quantitative estimate of drug-likeness (QED) is 0.683. The lowest BCUT2D eigenvalue weighted by atomic mass is 9.73. The summed E-state index contributed by atoms with van der Waals surface area (Å²) in [6.45, 7) is 7.62. The molecule has 2 aliphatic rings. The van der Waals surface area contributed by atoms with Gasteiger partial charge in [0.05, 0.1) is 12.1 Å². The summed E-state index contributed by atoms with van der Waals surface area (Å²) in [5.41, 5.74) is 5.70. The second-order valence-electron chi connectivity index (χ2n) is 9.09. The largest absolute Gasteiger partial charge is 0.392 e. The summed E-state index contributed by atoms with van der Waals surface area (Å²) in [5, 5.41) is 12.3. The molecule has 0 fully saturated rings. The molecule has 2 N–H and O–H groups in total. The smallest absolute Gasteiger partial charge is 0.251 e. The van der Waals surface area contributed by atoms with Gasteiger partial charge in [-0.05, 0) is 80.0 Å². The minimum atomic E-state index is -0.613. The first-order chi connectivity index (χ1) is 15.3. The van der Waals surface area contributed by atoms with Gasteiger partial charge < -0.3 is 15.3 Å². The average Bonchev–Trinajstić information content (AvgIpc) is 3.58. The number of benzene rings is 1. The van der Waals surface area contributed by atoms with Crippen molar-refractivity contribution in [1.82, 2.24) is 10.3 Å². The molecule has 168 valence electrons. The number of aliphatic hydroxyl groups is 1. The number of nitrogens with zero attached hydrogens (tertiary/aromatic N) is 2. The molecule has 1 aromatic heterocycles. The second kappa shape index (κ2) is 8.87. The number of aliphatic hydroxyl groups excluding tert-OH is 1. The molecule has 0 saturated heterocycles. The highest BCUT2D eigenvalue weighted by atomic mass is 16.3. The number of aryl methyl sites for hydroxylation is 1. The topological polar surface area (TPSA) is 82.5 Å². The molecule has 0 radical (unpaired) electrons. The van der Waals surface area contributed by atoms with Crippen molar-refractivity contribution in [1.29, 1.82) is 0 Å². The van der Waals surface area contributed by atoms with Gasteiger partial charge in [0, 0.05) is 36.1 Å². The lowest BCUT2D eigenvalue weighted by Gasteiger charge is -2.45. The maximum atomic E-state index is 12.7. The zero-order chi connectivity index (χ0) is 23.0. The van der Waals surface area contributed by atoms with E-state index in [9.17, 15) is 14.7 Å². The molecule has 1 unspecified atom stereocenters. The van der Waals surface area contributed by atoms with Crippen LogP contribution in [-0.4, -0.2) is 40.6 Å². The van der Waals surface area contributed by atoms with Gasteiger partial charge in [0.25, 0.3) is 5.91 Å². The number of rotatable bonds is 6. The molecular weight excluding hydrogens is 402 g/mol. The van der Waals surface area contributed by atoms with Crippen LogP contribution in [0, 0.1) is 12.8 Å². The number of amides is 2. The number of anilines is 1. The van der Waals surface area contributed by atoms with E-state index in [1.165, 1.54) is 5.57 Å². The molecule has 6 nitrogen and oxygen atoms in total. The van der Waals surface area contributed by atoms with Crippen LogP contribution < -0.4 is 10.2 Å². The molecule has 4 atom stereocenters. The van der Waals surface area contributed by atoms with Gasteiger partial charge in [-0.3, -0.25) is 14.6 Å². The minimum Gasteiger partial charge on any atom is -0.392 e. The predicted molar refractivity (Wildman–Crippen MR) is 125 cm³/mol. The number of hydrogen-bond acceptors (Lipinski definition) is 4. The van der Waals surface area contributed by atoms with E-state index in [1.54, 1.807) is 19.9 Å². The monoisotopic (exact) mass is 433 g/mol. The lowest BCUT2D eigenvalue weighted by Crippen LogP contribution is -2.49. The number of fused-ring (bicyclic) bond motifs is 1. The fraction of sp³-hybridized carbons (Fsp3) is 0.423. The maximum absolute atomic E-state index is 12.7. The Morgan fingerprint density at radius 2 is 2.03 bits per heavy atom. The van der Waals surface area contributed by atoms with Crippen LogP contribution in [0.2, 0.25) is 0 Å². The Bertz CT molecular complexity index is 1080. The number of carbonyl (C=O) groups is 2. The summed E-state index contributed by atoms with van der Waals surface area (Å²) in [4.78, 5) is 32.1. The van der Waals surface area contributed by atoms with Crippen LogP contribution in [0.25, 0.3) is 0 Å². The molecule has 0 bridgehead atoms. The van der Waals surface area contributed by atoms with E-state index in [0.29, 0.717) is 5.56 Å². The van der Waals surface area contributed by atoms with Crippen LogP contribution >= 0.6 is 0 Å². The first-order valence-electron chi connectivity index (χ1n) is 11.3. The molecule has 6 heteroatoms. The zero-order valence-corrected chi connectivity index (χ0v) is 19.1. The number of aromatic nitrogens is 1. The molecule has 4 rings (SSSR count). The lowest BCUT2D eigenvalue weighted by molar-refractivity contribution is -0.117. The Kier molecular flexibility index (Phi) is 6.15. The van der Waals surface area contributed by atoms with Crippen molar-refractivity contribution < 1.29 is 14.7 Å². The van der Waals surface area contributed by atoms with E-state index in [4.69, 9.17) is 4.98 Å². The van der Waals surface area contributed by atoms with Crippen LogP contribution in [0.5, 0.6) is 0 Å². The molecule has 2 aromatic rings. The second-order valence-corrected chi connectivity index (χ2v) is 9.09. The Morgan fingerprint density at radius 1 is 1.28 bits per heavy atom. The van der Waals surface area contributed by atoms with Gasteiger partial charge in [0.15, 0.2) is 0 Å². The first kappa shape index (κ1) is 22.2. The van der Waals surface area contributed by atoms with Crippen molar-refractivity contribution in [3.63, 3.8) is 0 Å². The molecule has 1 aliphatic carbocycles. The number of nitrogens with one attached hydrogen (secondary N) is 1. The molecule has 1 aromatic carbocycles. The molecule has 32 heavy (non-hydrogen) atoms. The Hall–Kier alpha value is -2.99. The molecule has 2 heterocycles. The van der Waals surface area contributed by atoms with Gasteiger partial charge in [0.1, 0.15) is 0 Å². The molecular formula is C26H31N3O3. The number of carbonyl (C=O) groups excluding carboxylic acids is 2. The van der Waals surface area contributed by atoms with Crippen molar-refractivity contribution in [2.45, 2.75) is 58.6 Å². The summed E-state index contributed by atoms with van der Waals surface area (Å²) in [7, 11) is 0. The highest BCUT2D eigenvalue weighted by molar-refractivity contribution is 5.98. The fourth-order valence-corrected chi connectivity index (χ4v) is 4.85. The summed E-state index contributed by atoms with van der Waals surface area (Å²) in [5.74, 6) is 0.0775. The van der Waals surface area contributed by atoms with Crippen molar-refractivity contribution in [2.75, 3.05) is 11.4 Å². The standard InChI is InChI=1S/C26H31N3O3/c1-15-6-5-7-21(28-15)13-22-17(3)25(19-8-9-19)29(18(4)31)24-11-10-20(12-23(22)24)26(32)27-14-16(2)30/h5-8,10-12,16-17,22,25,30H,9,13-14H2,1-4H3,(H,27,32)/t16?,17-,22-,25-/m1/s1. The molecule has 0 saturated carbocycles. The Labute approximate surface area is 189 Å². The third-order valence-electron chi connectivity index (χ3n) is 6.45. The summed E-state index contributed by atoms with van der Waals surface area (Å²) in [6.07, 6.45) is 3.27. The summed E-state index contributed by atoms with van der Waals surface area (Å²) in [6, 6.07) is 11.7. The number of pyridine rings is 1. The van der Waals surface area contributed by atoms with E-state index in [-0.39, 0.29) is 36.2 Å². The van der Waals surface area contributed by atoms with Gasteiger partial charge >= 0.3 is 0 Å². The number of allylic oxidation sites excluding steroid dienone is 1. The van der Waals surface area contributed by atoms with Gasteiger partial charge in [-0.25, -0.2) is 0 Å². The van der Waals surface area contributed by atoms with Crippen molar-refractivity contribution in [2.24, 2.45) is 5.92 Å². The predicted octanol–water partition coefficient (Wildman–Crippen LogP) is 3.53. The third-order valence-corrected chi connectivity index (χ3v) is 6.45. The van der Waals surface area contributed by atoms with Crippen molar-refractivity contribution in [3.8, 4) is 0 Å². The van der Waals surface area contributed by atoms with Gasteiger partial charge in [-0.2, -0.15) is 0 Å². The first-order valence-corrected chi connectivity index (χ1v) is 11.3. The van der Waals surface area contributed by atoms with E-state index >= 15 is 0 Å². The van der Waals surface area contributed by atoms with Gasteiger partial charge in [-0.1, -0.05) is 19.1 Å². The zero-order valence-electron chi connectivity index (χ0n) is 19.1. The summed E-state index contributed by atoms with van der Waals surface area (Å²) < 4.78 is 0. The minimum absolute atomic E-state index is 0.00865. The van der Waals surface area contributed by atoms with Crippen LogP contribution in [0.3, 0.4) is 0 Å². The highest BCUT2D eigenvalue weighted by Crippen LogP contribution is 2.48. The normalized spacial score (nSPS) is 22.6. The third kappa shape index (κ3) is 4.46. The SMILES string of the molecule is CC(=O)N1c2ccc(C(=O)NCC(C)O)cc2[C@H](Cc2cccc(C)n2)[C@@H](C)[C@@H]1C1=CC1. The van der Waals surface area contributed by atoms with Crippen LogP contribution in [-0.2, 0) is 11.2 Å².